The van der Waals surface area contributed by atoms with Crippen molar-refractivity contribution < 1.29 is 4.74 Å². The number of pyridine rings is 1. The third-order valence-corrected chi connectivity index (χ3v) is 2.84. The molecule has 0 saturated heterocycles. The first kappa shape index (κ1) is 14.4. The Labute approximate surface area is 120 Å². The number of nitrogens with one attached hydrogen (secondary N) is 1. The van der Waals surface area contributed by atoms with Crippen LogP contribution in [0.5, 0.6) is 0 Å². The Hall–Kier alpha value is -1.97. The third kappa shape index (κ3) is 4.96. The smallest absolute Gasteiger partial charge is 0.0892 e. The zero-order chi connectivity index (χ0) is 14.0. The van der Waals surface area contributed by atoms with E-state index in [1.807, 2.05) is 43.6 Å². The van der Waals surface area contributed by atoms with Crippen LogP contribution < -0.4 is 5.32 Å². The van der Waals surface area contributed by atoms with Gasteiger partial charge in [-0.15, -0.1) is 0 Å². The number of nitrogens with zero attached hydrogens (tertiary/aromatic N) is 1. The molecule has 20 heavy (non-hydrogen) atoms. The summed E-state index contributed by atoms with van der Waals surface area (Å²) in [5, 5.41) is 3.10. The van der Waals surface area contributed by atoms with Crippen molar-refractivity contribution >= 4 is 6.08 Å². The molecule has 2 rings (SSSR count). The lowest BCUT2D eigenvalue weighted by atomic mass is 10.2. The molecule has 104 valence electrons. The van der Waals surface area contributed by atoms with Crippen LogP contribution >= 0.6 is 0 Å². The fraction of sp³-hybridized carbons (Fsp3) is 0.235. The van der Waals surface area contributed by atoms with Gasteiger partial charge in [-0.1, -0.05) is 48.6 Å². The first-order chi connectivity index (χ1) is 9.88. The van der Waals surface area contributed by atoms with Crippen molar-refractivity contribution in [3.05, 3.63) is 71.6 Å². The number of hydrogen-bond acceptors (Lipinski definition) is 3. The fourth-order valence-corrected chi connectivity index (χ4v) is 1.83. The van der Waals surface area contributed by atoms with Gasteiger partial charge in [-0.05, 0) is 24.2 Å². The van der Waals surface area contributed by atoms with E-state index < -0.39 is 0 Å². The van der Waals surface area contributed by atoms with E-state index in [1.54, 1.807) is 0 Å². The maximum absolute atomic E-state index is 5.58. The van der Waals surface area contributed by atoms with Gasteiger partial charge in [0.15, 0.2) is 0 Å². The van der Waals surface area contributed by atoms with Gasteiger partial charge in [0, 0.05) is 12.7 Å². The number of benzene rings is 1. The molecule has 1 heterocycles. The summed E-state index contributed by atoms with van der Waals surface area (Å²) in [6, 6.07) is 14.3. The molecule has 3 nitrogen and oxygen atoms in total. The maximum Gasteiger partial charge on any atom is 0.0892 e. The lowest BCUT2D eigenvalue weighted by Crippen LogP contribution is -2.05. The molecule has 0 radical (unpaired) electrons. The highest BCUT2D eigenvalue weighted by molar-refractivity contribution is 5.48. The van der Waals surface area contributed by atoms with E-state index in [-0.39, 0.29) is 0 Å². The average molecular weight is 268 g/mol. The molecule has 0 amide bonds. The number of hydrogen-bond donors (Lipinski definition) is 1. The Morgan fingerprint density at radius 1 is 1.15 bits per heavy atom. The molecule has 0 saturated carbocycles. The standard InChI is InChI=1S/C17H20N2O/c1-18-12-16-9-10-17(19-13-16)14-20-11-5-8-15-6-3-2-4-7-15/h2-10,13,18H,11-12,14H2,1H3/b8-5+. The molecule has 2 aromatic rings. The lowest BCUT2D eigenvalue weighted by Gasteiger charge is -2.03. The van der Waals surface area contributed by atoms with Gasteiger partial charge in [0.1, 0.15) is 0 Å². The van der Waals surface area contributed by atoms with Crippen molar-refractivity contribution in [3.8, 4) is 0 Å². The highest BCUT2D eigenvalue weighted by Gasteiger charge is 1.95. The minimum Gasteiger partial charge on any atom is -0.371 e. The van der Waals surface area contributed by atoms with Crippen molar-refractivity contribution in [2.45, 2.75) is 13.2 Å². The highest BCUT2D eigenvalue weighted by atomic mass is 16.5. The van der Waals surface area contributed by atoms with Gasteiger partial charge in [0.05, 0.1) is 18.9 Å². The van der Waals surface area contributed by atoms with E-state index in [4.69, 9.17) is 4.74 Å². The zero-order valence-corrected chi connectivity index (χ0v) is 11.8. The average Bonchev–Trinajstić information content (AvgIpc) is 2.50. The fourth-order valence-electron chi connectivity index (χ4n) is 1.83. The minimum absolute atomic E-state index is 0.541. The van der Waals surface area contributed by atoms with Crippen LogP contribution in [0, 0.1) is 0 Å². The van der Waals surface area contributed by atoms with Crippen LogP contribution in [0.1, 0.15) is 16.8 Å². The highest BCUT2D eigenvalue weighted by Crippen LogP contribution is 2.03. The first-order valence-corrected chi connectivity index (χ1v) is 6.76. The van der Waals surface area contributed by atoms with Gasteiger partial charge in [-0.2, -0.15) is 0 Å². The summed E-state index contributed by atoms with van der Waals surface area (Å²) in [7, 11) is 1.93. The molecule has 0 atom stereocenters. The topological polar surface area (TPSA) is 34.1 Å². The van der Waals surface area contributed by atoms with E-state index >= 15 is 0 Å². The predicted molar refractivity (Wildman–Crippen MR) is 82.1 cm³/mol. The molecular weight excluding hydrogens is 248 g/mol. The van der Waals surface area contributed by atoms with Crippen molar-refractivity contribution in [2.24, 2.45) is 0 Å². The van der Waals surface area contributed by atoms with Crippen LogP contribution in [0.4, 0.5) is 0 Å². The molecule has 0 aliphatic heterocycles. The van der Waals surface area contributed by atoms with Crippen molar-refractivity contribution in [3.63, 3.8) is 0 Å². The molecule has 0 spiro atoms. The summed E-state index contributed by atoms with van der Waals surface area (Å²) < 4.78 is 5.58. The summed E-state index contributed by atoms with van der Waals surface area (Å²) in [4.78, 5) is 4.36. The maximum atomic E-state index is 5.58. The summed E-state index contributed by atoms with van der Waals surface area (Å²) >= 11 is 0. The van der Waals surface area contributed by atoms with E-state index in [9.17, 15) is 0 Å². The lowest BCUT2D eigenvalue weighted by molar-refractivity contribution is 0.146. The second-order valence-corrected chi connectivity index (χ2v) is 4.52. The van der Waals surface area contributed by atoms with Crippen LogP contribution in [-0.2, 0) is 17.9 Å². The minimum atomic E-state index is 0.541. The molecule has 3 heteroatoms. The van der Waals surface area contributed by atoms with Gasteiger partial charge in [-0.25, -0.2) is 0 Å². The Morgan fingerprint density at radius 3 is 2.70 bits per heavy atom. The van der Waals surface area contributed by atoms with Gasteiger partial charge in [0.25, 0.3) is 0 Å². The Bertz CT molecular complexity index is 520. The monoisotopic (exact) mass is 268 g/mol. The number of rotatable bonds is 7. The normalized spacial score (nSPS) is 11.1. The third-order valence-electron chi connectivity index (χ3n) is 2.84. The van der Waals surface area contributed by atoms with E-state index in [0.29, 0.717) is 13.2 Å². The predicted octanol–water partition coefficient (Wildman–Crippen LogP) is 3.03. The second kappa shape index (κ2) is 8.25. The second-order valence-electron chi connectivity index (χ2n) is 4.52. The summed E-state index contributed by atoms with van der Waals surface area (Å²) in [5.74, 6) is 0. The molecule has 0 bridgehead atoms. The van der Waals surface area contributed by atoms with Gasteiger partial charge < -0.3 is 10.1 Å². The van der Waals surface area contributed by atoms with Crippen LogP contribution in [0.3, 0.4) is 0 Å². The van der Waals surface area contributed by atoms with Crippen molar-refractivity contribution in [2.75, 3.05) is 13.7 Å². The van der Waals surface area contributed by atoms with Crippen LogP contribution in [0.15, 0.2) is 54.7 Å². The summed E-state index contributed by atoms with van der Waals surface area (Å²) in [6.45, 7) is 1.97. The Morgan fingerprint density at radius 2 is 2.00 bits per heavy atom. The van der Waals surface area contributed by atoms with E-state index in [2.05, 4.69) is 34.6 Å². The van der Waals surface area contributed by atoms with E-state index in [1.165, 1.54) is 11.1 Å². The molecule has 1 aromatic heterocycles. The summed E-state index contributed by atoms with van der Waals surface area (Å²) in [5.41, 5.74) is 3.32. The molecule has 1 N–H and O–H groups in total. The van der Waals surface area contributed by atoms with Crippen LogP contribution in [0.2, 0.25) is 0 Å². The molecular formula is C17H20N2O. The van der Waals surface area contributed by atoms with Crippen LogP contribution in [-0.4, -0.2) is 18.6 Å². The number of ether oxygens (including phenoxy) is 1. The molecule has 0 fully saturated rings. The van der Waals surface area contributed by atoms with Gasteiger partial charge in [-0.3, -0.25) is 4.98 Å². The SMILES string of the molecule is CNCc1ccc(COC/C=C/c2ccccc2)nc1. The Balaban J connectivity index is 1.72. The largest absolute Gasteiger partial charge is 0.371 e. The first-order valence-electron chi connectivity index (χ1n) is 6.76. The Kier molecular flexibility index (Phi) is 5.96. The van der Waals surface area contributed by atoms with Crippen molar-refractivity contribution in [1.29, 1.82) is 0 Å². The van der Waals surface area contributed by atoms with Gasteiger partial charge >= 0.3 is 0 Å². The molecule has 1 aromatic carbocycles. The van der Waals surface area contributed by atoms with Crippen LogP contribution in [0.25, 0.3) is 6.08 Å². The molecule has 0 aliphatic carbocycles. The van der Waals surface area contributed by atoms with E-state index in [0.717, 1.165) is 12.2 Å². The zero-order valence-electron chi connectivity index (χ0n) is 11.8. The summed E-state index contributed by atoms with van der Waals surface area (Å²) in [6.07, 6.45) is 5.96. The molecule has 0 aliphatic rings. The van der Waals surface area contributed by atoms with Crippen molar-refractivity contribution in [1.82, 2.24) is 10.3 Å². The quantitative estimate of drug-likeness (QED) is 0.784. The number of aromatic nitrogens is 1. The molecule has 0 unspecified atom stereocenters. The van der Waals surface area contributed by atoms with Gasteiger partial charge in [0.2, 0.25) is 0 Å².